The van der Waals surface area contributed by atoms with Crippen LogP contribution >= 0.6 is 0 Å². The number of hydrogen-bond donors (Lipinski definition) is 1. The standard InChI is InChI=1S/C17H16F3N3O2/c1-9-14(15(24)16(25)21-12-6-7-12)10(2)23(22-9)13-5-3-4-11(8-13)17(18,19)20/h3-5,8,12H,6-7H2,1-2H3,(H,21,25). The molecule has 0 saturated heterocycles. The van der Waals surface area contributed by atoms with E-state index in [1.807, 2.05) is 0 Å². The van der Waals surface area contributed by atoms with Gasteiger partial charge < -0.3 is 5.32 Å². The van der Waals surface area contributed by atoms with Crippen LogP contribution < -0.4 is 5.32 Å². The van der Waals surface area contributed by atoms with Crippen molar-refractivity contribution in [1.29, 1.82) is 0 Å². The molecule has 1 aromatic heterocycles. The van der Waals surface area contributed by atoms with Gasteiger partial charge >= 0.3 is 6.18 Å². The van der Waals surface area contributed by atoms with E-state index in [0.717, 1.165) is 25.0 Å². The van der Waals surface area contributed by atoms with E-state index in [1.54, 1.807) is 13.8 Å². The predicted molar refractivity (Wildman–Crippen MR) is 83.5 cm³/mol. The average molecular weight is 351 g/mol. The molecule has 1 amide bonds. The molecule has 0 radical (unpaired) electrons. The van der Waals surface area contributed by atoms with E-state index in [2.05, 4.69) is 10.4 Å². The van der Waals surface area contributed by atoms with E-state index in [0.29, 0.717) is 11.4 Å². The number of hydrogen-bond acceptors (Lipinski definition) is 3. The monoisotopic (exact) mass is 351 g/mol. The number of aromatic nitrogens is 2. The van der Waals surface area contributed by atoms with Gasteiger partial charge in [-0.25, -0.2) is 4.68 Å². The van der Waals surface area contributed by atoms with Crippen molar-refractivity contribution < 1.29 is 22.8 Å². The molecule has 0 aliphatic heterocycles. The van der Waals surface area contributed by atoms with Gasteiger partial charge in [0.15, 0.2) is 0 Å². The molecule has 1 saturated carbocycles. The highest BCUT2D eigenvalue weighted by atomic mass is 19.4. The largest absolute Gasteiger partial charge is 0.416 e. The van der Waals surface area contributed by atoms with Gasteiger partial charge in [0.05, 0.1) is 28.2 Å². The molecule has 1 N–H and O–H groups in total. The van der Waals surface area contributed by atoms with Crippen LogP contribution in [-0.2, 0) is 11.0 Å². The van der Waals surface area contributed by atoms with Gasteiger partial charge in [0.25, 0.3) is 11.7 Å². The second-order valence-electron chi connectivity index (χ2n) is 6.08. The number of ketones is 1. The maximum atomic E-state index is 12.9. The number of Topliss-reactive ketones (excluding diaryl/α,β-unsaturated/α-hetero) is 1. The molecule has 25 heavy (non-hydrogen) atoms. The zero-order valence-corrected chi connectivity index (χ0v) is 13.6. The van der Waals surface area contributed by atoms with Crippen molar-refractivity contribution in [1.82, 2.24) is 15.1 Å². The van der Waals surface area contributed by atoms with Crippen molar-refractivity contribution in [3.63, 3.8) is 0 Å². The van der Waals surface area contributed by atoms with E-state index in [-0.39, 0.29) is 17.3 Å². The van der Waals surface area contributed by atoms with Crippen LogP contribution in [0.1, 0.15) is 40.2 Å². The zero-order chi connectivity index (χ0) is 18.4. The van der Waals surface area contributed by atoms with Crippen LogP contribution in [0.2, 0.25) is 0 Å². The number of carbonyl (C=O) groups is 2. The highest BCUT2D eigenvalue weighted by Crippen LogP contribution is 2.31. The van der Waals surface area contributed by atoms with Gasteiger partial charge in [0.1, 0.15) is 0 Å². The van der Waals surface area contributed by atoms with Crippen LogP contribution in [0.5, 0.6) is 0 Å². The summed E-state index contributed by atoms with van der Waals surface area (Å²) in [6, 6.07) is 4.70. The van der Waals surface area contributed by atoms with Crippen molar-refractivity contribution in [2.75, 3.05) is 0 Å². The van der Waals surface area contributed by atoms with E-state index in [9.17, 15) is 22.8 Å². The minimum absolute atomic E-state index is 0.0376. The lowest BCUT2D eigenvalue weighted by molar-refractivity contribution is -0.137. The smallest absolute Gasteiger partial charge is 0.346 e. The number of carbonyl (C=O) groups excluding carboxylic acids is 2. The second-order valence-corrected chi connectivity index (χ2v) is 6.08. The Kier molecular flexibility index (Phi) is 4.14. The molecule has 1 aromatic carbocycles. The number of amides is 1. The summed E-state index contributed by atoms with van der Waals surface area (Å²) in [5.41, 5.74) is 0.114. The van der Waals surface area contributed by atoms with Crippen LogP contribution in [0, 0.1) is 13.8 Å². The molecule has 1 fully saturated rings. The number of halogens is 3. The van der Waals surface area contributed by atoms with Crippen LogP contribution in [0.25, 0.3) is 5.69 Å². The van der Waals surface area contributed by atoms with Crippen molar-refractivity contribution in [2.24, 2.45) is 0 Å². The summed E-state index contributed by atoms with van der Waals surface area (Å²) in [4.78, 5) is 24.4. The molecule has 132 valence electrons. The van der Waals surface area contributed by atoms with E-state index < -0.39 is 23.4 Å². The molecule has 0 spiro atoms. The fourth-order valence-electron chi connectivity index (χ4n) is 2.63. The van der Waals surface area contributed by atoms with Gasteiger partial charge in [0.2, 0.25) is 0 Å². The van der Waals surface area contributed by atoms with Gasteiger partial charge in [-0.1, -0.05) is 6.07 Å². The molecular formula is C17H16F3N3O2. The summed E-state index contributed by atoms with van der Waals surface area (Å²) in [5, 5.41) is 6.76. The first-order valence-corrected chi connectivity index (χ1v) is 7.77. The third-order valence-corrected chi connectivity index (χ3v) is 4.06. The Morgan fingerprint density at radius 3 is 2.52 bits per heavy atom. The van der Waals surface area contributed by atoms with Gasteiger partial charge in [-0.15, -0.1) is 0 Å². The Labute approximate surface area is 141 Å². The summed E-state index contributed by atoms with van der Waals surface area (Å²) in [7, 11) is 0. The molecule has 0 bridgehead atoms. The Morgan fingerprint density at radius 2 is 1.92 bits per heavy atom. The maximum absolute atomic E-state index is 12.9. The molecule has 1 aliphatic rings. The third kappa shape index (κ3) is 3.42. The third-order valence-electron chi connectivity index (χ3n) is 4.06. The summed E-state index contributed by atoms with van der Waals surface area (Å²) in [5.74, 6) is -1.43. The molecule has 0 unspecified atom stereocenters. The van der Waals surface area contributed by atoms with E-state index in [4.69, 9.17) is 0 Å². The first-order chi connectivity index (χ1) is 11.7. The van der Waals surface area contributed by atoms with Crippen molar-refractivity contribution in [3.05, 3.63) is 46.8 Å². The lowest BCUT2D eigenvalue weighted by Crippen LogP contribution is -2.33. The summed E-state index contributed by atoms with van der Waals surface area (Å²) >= 11 is 0. The highest BCUT2D eigenvalue weighted by molar-refractivity contribution is 6.43. The number of rotatable bonds is 4. The zero-order valence-electron chi connectivity index (χ0n) is 13.6. The van der Waals surface area contributed by atoms with Gasteiger partial charge in [-0.05, 0) is 44.9 Å². The number of alkyl halides is 3. The first kappa shape index (κ1) is 17.2. The quantitative estimate of drug-likeness (QED) is 0.680. The fraction of sp³-hybridized carbons (Fsp3) is 0.353. The van der Waals surface area contributed by atoms with Crippen LogP contribution in [-0.4, -0.2) is 27.5 Å². The van der Waals surface area contributed by atoms with Gasteiger partial charge in [0, 0.05) is 6.04 Å². The molecular weight excluding hydrogens is 335 g/mol. The molecule has 3 rings (SSSR count). The Hall–Kier alpha value is -2.64. The minimum Gasteiger partial charge on any atom is -0.346 e. The van der Waals surface area contributed by atoms with Crippen molar-refractivity contribution in [2.45, 2.75) is 38.9 Å². The first-order valence-electron chi connectivity index (χ1n) is 7.77. The summed E-state index contributed by atoms with van der Waals surface area (Å²) in [6.45, 7) is 3.10. The van der Waals surface area contributed by atoms with Crippen LogP contribution in [0.3, 0.4) is 0 Å². The highest BCUT2D eigenvalue weighted by Gasteiger charge is 2.32. The summed E-state index contributed by atoms with van der Waals surface area (Å²) < 4.78 is 39.9. The lowest BCUT2D eigenvalue weighted by Gasteiger charge is -2.10. The SMILES string of the molecule is Cc1nn(-c2cccc(C(F)(F)F)c2)c(C)c1C(=O)C(=O)NC1CC1. The predicted octanol–water partition coefficient (Wildman–Crippen LogP) is 2.97. The number of aryl methyl sites for hydroxylation is 1. The maximum Gasteiger partial charge on any atom is 0.416 e. The molecule has 0 atom stereocenters. The number of benzene rings is 1. The average Bonchev–Trinajstić information content (AvgIpc) is 3.30. The molecule has 8 heteroatoms. The lowest BCUT2D eigenvalue weighted by atomic mass is 10.1. The molecule has 2 aromatic rings. The summed E-state index contributed by atoms with van der Waals surface area (Å²) in [6.07, 6.45) is -2.78. The van der Waals surface area contributed by atoms with Crippen LogP contribution in [0.15, 0.2) is 24.3 Å². The Balaban J connectivity index is 1.97. The second kappa shape index (κ2) is 6.02. The minimum atomic E-state index is -4.48. The molecule has 1 heterocycles. The number of nitrogens with zero attached hydrogens (tertiary/aromatic N) is 2. The van der Waals surface area contributed by atoms with Gasteiger partial charge in [-0.3, -0.25) is 9.59 Å². The van der Waals surface area contributed by atoms with E-state index in [1.165, 1.54) is 16.8 Å². The Bertz CT molecular complexity index is 851. The normalized spacial score (nSPS) is 14.4. The van der Waals surface area contributed by atoms with Crippen molar-refractivity contribution >= 4 is 11.7 Å². The molecule has 1 aliphatic carbocycles. The van der Waals surface area contributed by atoms with Gasteiger partial charge in [-0.2, -0.15) is 18.3 Å². The van der Waals surface area contributed by atoms with Crippen molar-refractivity contribution in [3.8, 4) is 5.69 Å². The molecule has 5 nitrogen and oxygen atoms in total. The topological polar surface area (TPSA) is 64.0 Å². The van der Waals surface area contributed by atoms with Crippen LogP contribution in [0.4, 0.5) is 13.2 Å². The van der Waals surface area contributed by atoms with E-state index >= 15 is 0 Å². The Morgan fingerprint density at radius 1 is 1.24 bits per heavy atom. The fourth-order valence-corrected chi connectivity index (χ4v) is 2.63. The number of nitrogens with one attached hydrogen (secondary N) is 1.